The van der Waals surface area contributed by atoms with Crippen LogP contribution in [-0.4, -0.2) is 18.8 Å². The Hall–Kier alpha value is -1.22. The van der Waals surface area contributed by atoms with Crippen molar-refractivity contribution < 1.29 is 14.6 Å². The molecule has 2 fully saturated rings. The van der Waals surface area contributed by atoms with Crippen molar-refractivity contribution >= 4 is 0 Å². The van der Waals surface area contributed by atoms with Crippen molar-refractivity contribution in [3.8, 4) is 11.5 Å². The molecule has 0 aromatic heterocycles. The lowest BCUT2D eigenvalue weighted by Gasteiger charge is -2.23. The molecule has 0 saturated heterocycles. The lowest BCUT2D eigenvalue weighted by Crippen LogP contribution is -2.19. The second kappa shape index (κ2) is 5.65. The van der Waals surface area contributed by atoms with E-state index < -0.39 is 6.10 Å². The Kier molecular flexibility index (Phi) is 3.88. The van der Waals surface area contributed by atoms with Gasteiger partial charge in [-0.3, -0.25) is 0 Å². The summed E-state index contributed by atoms with van der Waals surface area (Å²) in [6.07, 6.45) is 4.99. The van der Waals surface area contributed by atoms with Crippen LogP contribution in [0.4, 0.5) is 0 Å². The SMILES string of the molecule is COc1ccc([C@@H](C)O)c(OCC2CC3CCC2C3)c1. The molecule has 2 aliphatic rings. The first-order valence-electron chi connectivity index (χ1n) is 7.66. The van der Waals surface area contributed by atoms with E-state index >= 15 is 0 Å². The van der Waals surface area contributed by atoms with Crippen molar-refractivity contribution in [1.82, 2.24) is 0 Å². The zero-order chi connectivity index (χ0) is 14.1. The van der Waals surface area contributed by atoms with Crippen LogP contribution in [0, 0.1) is 17.8 Å². The minimum absolute atomic E-state index is 0.518. The lowest BCUT2D eigenvalue weighted by molar-refractivity contribution is 0.172. The molecule has 0 spiro atoms. The molecule has 0 heterocycles. The smallest absolute Gasteiger partial charge is 0.128 e. The number of hydrogen-bond donors (Lipinski definition) is 1. The Morgan fingerprint density at radius 1 is 1.30 bits per heavy atom. The number of hydrogen-bond acceptors (Lipinski definition) is 3. The van der Waals surface area contributed by atoms with E-state index in [1.54, 1.807) is 14.0 Å². The molecule has 0 radical (unpaired) electrons. The Morgan fingerprint density at radius 2 is 2.15 bits per heavy atom. The van der Waals surface area contributed by atoms with Gasteiger partial charge in [0.15, 0.2) is 0 Å². The summed E-state index contributed by atoms with van der Waals surface area (Å²) in [5, 5.41) is 9.84. The van der Waals surface area contributed by atoms with E-state index in [9.17, 15) is 5.11 Å². The van der Waals surface area contributed by atoms with Gasteiger partial charge in [-0.2, -0.15) is 0 Å². The third-order valence-electron chi connectivity index (χ3n) is 5.01. The summed E-state index contributed by atoms with van der Waals surface area (Å²) in [5.41, 5.74) is 0.842. The van der Waals surface area contributed by atoms with Gasteiger partial charge < -0.3 is 14.6 Å². The van der Waals surface area contributed by atoms with Crippen molar-refractivity contribution in [1.29, 1.82) is 0 Å². The minimum atomic E-state index is -0.518. The fourth-order valence-electron chi connectivity index (χ4n) is 3.89. The van der Waals surface area contributed by atoms with Crippen LogP contribution < -0.4 is 9.47 Å². The average Bonchev–Trinajstić information content (AvgIpc) is 3.07. The first-order chi connectivity index (χ1) is 9.67. The quantitative estimate of drug-likeness (QED) is 0.893. The van der Waals surface area contributed by atoms with Crippen LogP contribution in [-0.2, 0) is 0 Å². The second-order valence-corrected chi connectivity index (χ2v) is 6.33. The van der Waals surface area contributed by atoms with E-state index in [0.717, 1.165) is 35.5 Å². The number of ether oxygens (including phenoxy) is 2. The molecule has 2 saturated carbocycles. The zero-order valence-corrected chi connectivity index (χ0v) is 12.3. The summed E-state index contributed by atoms with van der Waals surface area (Å²) < 4.78 is 11.3. The van der Waals surface area contributed by atoms with Crippen molar-refractivity contribution in [2.45, 2.75) is 38.7 Å². The summed E-state index contributed by atoms with van der Waals surface area (Å²) >= 11 is 0. The highest BCUT2D eigenvalue weighted by atomic mass is 16.5. The molecule has 2 aliphatic carbocycles. The molecular weight excluding hydrogens is 252 g/mol. The van der Waals surface area contributed by atoms with Gasteiger partial charge >= 0.3 is 0 Å². The molecule has 1 aromatic rings. The van der Waals surface area contributed by atoms with Gasteiger partial charge in [0.2, 0.25) is 0 Å². The maximum Gasteiger partial charge on any atom is 0.128 e. The zero-order valence-electron chi connectivity index (χ0n) is 12.3. The summed E-state index contributed by atoms with van der Waals surface area (Å²) in [6, 6.07) is 5.64. The largest absolute Gasteiger partial charge is 0.497 e. The number of fused-ring (bicyclic) bond motifs is 2. The molecule has 3 unspecified atom stereocenters. The molecular formula is C17H24O3. The van der Waals surface area contributed by atoms with Crippen molar-refractivity contribution in [2.75, 3.05) is 13.7 Å². The van der Waals surface area contributed by atoms with Gasteiger partial charge in [0.25, 0.3) is 0 Å². The Labute approximate surface area is 120 Å². The van der Waals surface area contributed by atoms with Crippen LogP contribution >= 0.6 is 0 Å². The van der Waals surface area contributed by atoms with E-state index in [1.807, 2.05) is 18.2 Å². The highest BCUT2D eigenvalue weighted by Crippen LogP contribution is 2.48. The van der Waals surface area contributed by atoms with Crippen molar-refractivity contribution in [2.24, 2.45) is 17.8 Å². The molecule has 3 rings (SSSR count). The molecule has 0 aliphatic heterocycles. The van der Waals surface area contributed by atoms with Crippen LogP contribution in [0.15, 0.2) is 18.2 Å². The van der Waals surface area contributed by atoms with Gasteiger partial charge in [-0.25, -0.2) is 0 Å². The number of rotatable bonds is 5. The first-order valence-corrected chi connectivity index (χ1v) is 7.66. The third-order valence-corrected chi connectivity index (χ3v) is 5.01. The van der Waals surface area contributed by atoms with Crippen LogP contribution in [0.2, 0.25) is 0 Å². The number of benzene rings is 1. The van der Waals surface area contributed by atoms with Crippen LogP contribution in [0.3, 0.4) is 0 Å². The molecule has 20 heavy (non-hydrogen) atoms. The topological polar surface area (TPSA) is 38.7 Å². The second-order valence-electron chi connectivity index (χ2n) is 6.33. The fourth-order valence-corrected chi connectivity index (χ4v) is 3.89. The highest BCUT2D eigenvalue weighted by Gasteiger charge is 2.39. The lowest BCUT2D eigenvalue weighted by atomic mass is 9.89. The molecule has 2 bridgehead atoms. The van der Waals surface area contributed by atoms with Gasteiger partial charge in [-0.05, 0) is 56.1 Å². The molecule has 1 N–H and O–H groups in total. The highest BCUT2D eigenvalue weighted by molar-refractivity contribution is 5.41. The fraction of sp³-hybridized carbons (Fsp3) is 0.647. The minimum Gasteiger partial charge on any atom is -0.497 e. The summed E-state index contributed by atoms with van der Waals surface area (Å²) in [5.74, 6) is 4.04. The Balaban J connectivity index is 1.69. The third kappa shape index (κ3) is 2.64. The number of aliphatic hydroxyl groups is 1. The van der Waals surface area contributed by atoms with E-state index in [-0.39, 0.29) is 0 Å². The molecule has 0 amide bonds. The van der Waals surface area contributed by atoms with Gasteiger partial charge in [-0.1, -0.05) is 6.42 Å². The van der Waals surface area contributed by atoms with Crippen LogP contribution in [0.5, 0.6) is 11.5 Å². The monoisotopic (exact) mass is 276 g/mol. The van der Waals surface area contributed by atoms with Crippen LogP contribution in [0.25, 0.3) is 0 Å². The first kappa shape index (κ1) is 13.7. The predicted molar refractivity (Wildman–Crippen MR) is 78.1 cm³/mol. The summed E-state index contributed by atoms with van der Waals surface area (Å²) in [7, 11) is 1.65. The van der Waals surface area contributed by atoms with E-state index in [0.29, 0.717) is 5.92 Å². The molecule has 3 nitrogen and oxygen atoms in total. The Morgan fingerprint density at radius 3 is 2.75 bits per heavy atom. The van der Waals surface area contributed by atoms with Gasteiger partial charge in [0, 0.05) is 11.6 Å². The van der Waals surface area contributed by atoms with Crippen molar-refractivity contribution in [3.05, 3.63) is 23.8 Å². The molecule has 4 atom stereocenters. The van der Waals surface area contributed by atoms with E-state index in [1.165, 1.54) is 25.7 Å². The average molecular weight is 276 g/mol. The summed E-state index contributed by atoms with van der Waals surface area (Å²) in [6.45, 7) is 2.54. The Bertz CT molecular complexity index is 469. The van der Waals surface area contributed by atoms with Gasteiger partial charge in [0.1, 0.15) is 11.5 Å². The summed E-state index contributed by atoms with van der Waals surface area (Å²) in [4.78, 5) is 0. The van der Waals surface area contributed by atoms with E-state index in [2.05, 4.69) is 0 Å². The number of aliphatic hydroxyl groups excluding tert-OH is 1. The van der Waals surface area contributed by atoms with Crippen molar-refractivity contribution in [3.63, 3.8) is 0 Å². The normalized spacial score (nSPS) is 29.4. The standard InChI is InChI=1S/C17H24O3/c1-11(18)16-6-5-15(19-2)9-17(16)20-10-14-8-12-3-4-13(14)7-12/h5-6,9,11-14,18H,3-4,7-8,10H2,1-2H3/t11-,12?,13?,14?/m1/s1. The molecule has 3 heteroatoms. The molecule has 1 aromatic carbocycles. The van der Waals surface area contributed by atoms with E-state index in [4.69, 9.17) is 9.47 Å². The molecule has 110 valence electrons. The van der Waals surface area contributed by atoms with Gasteiger partial charge in [0.05, 0.1) is 19.8 Å². The maximum atomic E-state index is 9.84. The maximum absolute atomic E-state index is 9.84. The van der Waals surface area contributed by atoms with Gasteiger partial charge in [-0.15, -0.1) is 0 Å². The number of methoxy groups -OCH3 is 1. The van der Waals surface area contributed by atoms with Crippen LogP contribution in [0.1, 0.15) is 44.3 Å². The predicted octanol–water partition coefficient (Wildman–Crippen LogP) is 3.56.